The van der Waals surface area contributed by atoms with Gasteiger partial charge < -0.3 is 9.73 Å². The molecule has 0 spiro atoms. The van der Waals surface area contributed by atoms with E-state index in [0.717, 1.165) is 37.3 Å². The van der Waals surface area contributed by atoms with Crippen molar-refractivity contribution in [1.29, 1.82) is 0 Å². The lowest BCUT2D eigenvalue weighted by molar-refractivity contribution is 0.0994. The molecule has 0 aliphatic carbocycles. The Kier molecular flexibility index (Phi) is 5.20. The van der Waals surface area contributed by atoms with Crippen LogP contribution in [-0.2, 0) is 7.05 Å². The van der Waals surface area contributed by atoms with E-state index in [1.807, 2.05) is 6.92 Å². The summed E-state index contributed by atoms with van der Waals surface area (Å²) < 4.78 is 6.79. The van der Waals surface area contributed by atoms with Gasteiger partial charge in [-0.15, -0.1) is 12.4 Å². The zero-order valence-corrected chi connectivity index (χ0v) is 13.4. The topological polar surface area (TPSA) is 85.0 Å². The van der Waals surface area contributed by atoms with Gasteiger partial charge in [-0.1, -0.05) is 0 Å². The van der Waals surface area contributed by atoms with Gasteiger partial charge >= 0.3 is 0 Å². The lowest BCUT2D eigenvalue weighted by Crippen LogP contribution is -2.27. The molecule has 0 radical (unpaired) electrons. The molecule has 8 heteroatoms. The summed E-state index contributed by atoms with van der Waals surface area (Å²) in [6.45, 7) is 3.79. The first-order chi connectivity index (χ1) is 10.1. The number of aromatic nitrogens is 3. The predicted octanol–water partition coefficient (Wildman–Crippen LogP) is 1.86. The first kappa shape index (κ1) is 16.5. The fraction of sp³-hybridized carbons (Fsp3) is 0.500. The Balaban J connectivity index is 0.00000176. The Bertz CT molecular complexity index is 645. The zero-order chi connectivity index (χ0) is 14.8. The third-order valence-corrected chi connectivity index (χ3v) is 3.78. The zero-order valence-electron chi connectivity index (χ0n) is 12.6. The van der Waals surface area contributed by atoms with Gasteiger partial charge in [0.2, 0.25) is 5.95 Å². The van der Waals surface area contributed by atoms with Crippen molar-refractivity contribution >= 4 is 24.3 Å². The molecule has 1 aliphatic rings. The van der Waals surface area contributed by atoms with Crippen molar-refractivity contribution in [3.63, 3.8) is 0 Å². The number of carbonyl (C=O) groups excluding carboxylic acids is 1. The minimum Gasteiger partial charge on any atom is -0.459 e. The van der Waals surface area contributed by atoms with Crippen LogP contribution in [0.15, 0.2) is 16.7 Å². The maximum absolute atomic E-state index is 12.1. The number of hydrogen-bond acceptors (Lipinski definition) is 5. The van der Waals surface area contributed by atoms with Gasteiger partial charge in [0.1, 0.15) is 0 Å². The van der Waals surface area contributed by atoms with E-state index in [2.05, 4.69) is 20.7 Å². The number of halogens is 1. The van der Waals surface area contributed by atoms with Crippen LogP contribution in [0.1, 0.15) is 40.7 Å². The number of amides is 1. The highest BCUT2D eigenvalue weighted by atomic mass is 35.5. The van der Waals surface area contributed by atoms with Gasteiger partial charge in [-0.05, 0) is 38.9 Å². The summed E-state index contributed by atoms with van der Waals surface area (Å²) in [6, 6.07) is 1.76. The summed E-state index contributed by atoms with van der Waals surface area (Å²) in [5, 5.41) is 10.5. The summed E-state index contributed by atoms with van der Waals surface area (Å²) in [5.74, 6) is 1.61. The Morgan fingerprint density at radius 1 is 1.45 bits per heavy atom. The Morgan fingerprint density at radius 2 is 2.18 bits per heavy atom. The number of carbonyl (C=O) groups is 1. The molecule has 1 saturated heterocycles. The molecule has 0 bridgehead atoms. The van der Waals surface area contributed by atoms with Gasteiger partial charge in [-0.2, -0.15) is 10.1 Å². The molecule has 2 aromatic rings. The summed E-state index contributed by atoms with van der Waals surface area (Å²) in [7, 11) is 1.78. The average molecular weight is 326 g/mol. The van der Waals surface area contributed by atoms with E-state index in [-0.39, 0.29) is 18.3 Å². The van der Waals surface area contributed by atoms with Gasteiger partial charge in [0.25, 0.3) is 5.91 Å². The van der Waals surface area contributed by atoms with Gasteiger partial charge in [0.05, 0.1) is 6.26 Å². The highest BCUT2D eigenvalue weighted by molar-refractivity contribution is 6.02. The van der Waals surface area contributed by atoms with Crippen LogP contribution in [-0.4, -0.2) is 33.8 Å². The van der Waals surface area contributed by atoms with E-state index in [0.29, 0.717) is 17.6 Å². The van der Waals surface area contributed by atoms with Crippen molar-refractivity contribution in [1.82, 2.24) is 20.1 Å². The number of aryl methyl sites for hydroxylation is 2. The first-order valence-corrected chi connectivity index (χ1v) is 7.12. The van der Waals surface area contributed by atoms with Crippen LogP contribution in [0.4, 0.5) is 5.95 Å². The smallest absolute Gasteiger partial charge is 0.293 e. The van der Waals surface area contributed by atoms with E-state index in [1.54, 1.807) is 17.8 Å². The van der Waals surface area contributed by atoms with Crippen LogP contribution in [0.2, 0.25) is 0 Å². The van der Waals surface area contributed by atoms with Crippen LogP contribution >= 0.6 is 12.4 Å². The second kappa shape index (κ2) is 6.93. The maximum Gasteiger partial charge on any atom is 0.293 e. The number of nitrogens with zero attached hydrogens (tertiary/aromatic N) is 3. The molecular weight excluding hydrogens is 306 g/mol. The number of anilines is 1. The molecule has 3 rings (SSSR count). The van der Waals surface area contributed by atoms with Crippen LogP contribution in [0.5, 0.6) is 0 Å². The number of piperidine rings is 1. The highest BCUT2D eigenvalue weighted by Crippen LogP contribution is 2.23. The molecule has 1 aliphatic heterocycles. The molecule has 0 saturated carbocycles. The van der Waals surface area contributed by atoms with Crippen molar-refractivity contribution in [2.75, 3.05) is 18.4 Å². The van der Waals surface area contributed by atoms with Crippen molar-refractivity contribution in [3.05, 3.63) is 29.5 Å². The fourth-order valence-corrected chi connectivity index (χ4v) is 2.53. The molecular formula is C14H20ClN5O2. The van der Waals surface area contributed by atoms with Gasteiger partial charge in [0.15, 0.2) is 11.6 Å². The van der Waals surface area contributed by atoms with E-state index in [4.69, 9.17) is 4.42 Å². The second-order valence-corrected chi connectivity index (χ2v) is 5.33. The number of nitrogens with one attached hydrogen (secondary N) is 2. The molecule has 0 unspecified atom stereocenters. The molecule has 1 amide bonds. The number of rotatable bonds is 3. The van der Waals surface area contributed by atoms with Crippen molar-refractivity contribution in [2.24, 2.45) is 7.05 Å². The van der Waals surface area contributed by atoms with E-state index < -0.39 is 0 Å². The molecule has 1 fully saturated rings. The van der Waals surface area contributed by atoms with Gasteiger partial charge in [-0.25, -0.2) is 4.68 Å². The van der Waals surface area contributed by atoms with Crippen LogP contribution in [0.3, 0.4) is 0 Å². The van der Waals surface area contributed by atoms with Crippen LogP contribution in [0.25, 0.3) is 0 Å². The SMILES string of the molecule is Cc1ccoc1C(=O)Nc1nc(C2CCNCC2)nn1C.Cl. The lowest BCUT2D eigenvalue weighted by Gasteiger charge is -2.19. The molecule has 7 nitrogen and oxygen atoms in total. The first-order valence-electron chi connectivity index (χ1n) is 7.12. The molecule has 0 aromatic carbocycles. The quantitative estimate of drug-likeness (QED) is 0.899. The molecule has 3 heterocycles. The fourth-order valence-electron chi connectivity index (χ4n) is 2.53. The van der Waals surface area contributed by atoms with Crippen LogP contribution in [0, 0.1) is 6.92 Å². The van der Waals surface area contributed by atoms with E-state index in [1.165, 1.54) is 6.26 Å². The minimum absolute atomic E-state index is 0. The van der Waals surface area contributed by atoms with Crippen molar-refractivity contribution in [2.45, 2.75) is 25.7 Å². The van der Waals surface area contributed by atoms with E-state index >= 15 is 0 Å². The van der Waals surface area contributed by atoms with Gasteiger partial charge in [0, 0.05) is 18.5 Å². The predicted molar refractivity (Wildman–Crippen MR) is 84.5 cm³/mol. The standard InChI is InChI=1S/C14H19N5O2.ClH/c1-9-5-8-21-11(9)13(20)17-14-16-12(18-19(14)2)10-3-6-15-7-4-10;/h5,8,10,15H,3-4,6-7H2,1-2H3,(H,16,17,18,20);1H. The van der Waals surface area contributed by atoms with Crippen molar-refractivity contribution in [3.8, 4) is 0 Å². The Hall–Kier alpha value is -1.86. The largest absolute Gasteiger partial charge is 0.459 e. The third-order valence-electron chi connectivity index (χ3n) is 3.78. The lowest BCUT2D eigenvalue weighted by atomic mass is 9.98. The van der Waals surface area contributed by atoms with Crippen molar-refractivity contribution < 1.29 is 9.21 Å². The summed E-state index contributed by atoms with van der Waals surface area (Å²) in [6.07, 6.45) is 3.55. The van der Waals surface area contributed by atoms with Crippen LogP contribution < -0.4 is 10.6 Å². The Labute approximate surface area is 134 Å². The molecule has 0 atom stereocenters. The summed E-state index contributed by atoms with van der Waals surface area (Å²) >= 11 is 0. The summed E-state index contributed by atoms with van der Waals surface area (Å²) in [4.78, 5) is 16.6. The number of furan rings is 1. The molecule has 2 aromatic heterocycles. The highest BCUT2D eigenvalue weighted by Gasteiger charge is 2.22. The third kappa shape index (κ3) is 3.31. The monoisotopic (exact) mass is 325 g/mol. The normalized spacial score (nSPS) is 15.4. The molecule has 22 heavy (non-hydrogen) atoms. The van der Waals surface area contributed by atoms with Gasteiger partial charge in [-0.3, -0.25) is 10.1 Å². The second-order valence-electron chi connectivity index (χ2n) is 5.33. The van der Waals surface area contributed by atoms with E-state index in [9.17, 15) is 4.79 Å². The molecule has 120 valence electrons. The Morgan fingerprint density at radius 3 is 2.82 bits per heavy atom. The number of hydrogen-bond donors (Lipinski definition) is 2. The summed E-state index contributed by atoms with van der Waals surface area (Å²) in [5.41, 5.74) is 0.799. The maximum atomic E-state index is 12.1. The average Bonchev–Trinajstić information content (AvgIpc) is 3.07. The molecule has 2 N–H and O–H groups in total. The minimum atomic E-state index is -0.301.